The van der Waals surface area contributed by atoms with E-state index in [2.05, 4.69) is 17.1 Å². The predicted octanol–water partition coefficient (Wildman–Crippen LogP) is 3.52. The van der Waals surface area contributed by atoms with Crippen LogP contribution in [0.15, 0.2) is 24.3 Å². The Morgan fingerprint density at radius 1 is 1.17 bits per heavy atom. The number of benzene rings is 1. The Kier molecular flexibility index (Phi) is 5.90. The minimum Gasteiger partial charge on any atom is -0.478 e. The van der Waals surface area contributed by atoms with Gasteiger partial charge in [-0.15, -0.1) is 0 Å². The van der Waals surface area contributed by atoms with Crippen LogP contribution in [0.2, 0.25) is 0 Å². The predicted molar refractivity (Wildman–Crippen MR) is 96.3 cm³/mol. The quantitative estimate of drug-likeness (QED) is 0.867. The molecule has 2 N–H and O–H groups in total. The van der Waals surface area contributed by atoms with E-state index in [-0.39, 0.29) is 0 Å². The maximum Gasteiger partial charge on any atom is 0.335 e. The Morgan fingerprint density at radius 3 is 2.50 bits per heavy atom. The highest BCUT2D eigenvalue weighted by Crippen LogP contribution is 2.29. The third-order valence-corrected chi connectivity index (χ3v) is 5.75. The first kappa shape index (κ1) is 17.4. The van der Waals surface area contributed by atoms with Gasteiger partial charge in [-0.3, -0.25) is 0 Å². The molecule has 4 heteroatoms. The van der Waals surface area contributed by atoms with E-state index in [4.69, 9.17) is 5.11 Å². The number of carbonyl (C=O) groups is 1. The van der Waals surface area contributed by atoms with Crippen molar-refractivity contribution in [3.63, 3.8) is 0 Å². The Labute approximate surface area is 145 Å². The van der Waals surface area contributed by atoms with Crippen molar-refractivity contribution in [2.75, 3.05) is 13.1 Å². The van der Waals surface area contributed by atoms with Crippen LogP contribution < -0.4 is 5.32 Å². The van der Waals surface area contributed by atoms with Crippen molar-refractivity contribution in [1.29, 1.82) is 0 Å². The standard InChI is InChI=1S/C20H30N2O2/c1-15-3-2-4-19(13-15)22-11-9-18(10-12-22)21-14-16-5-7-17(8-6-16)20(23)24/h5-8,15,18-19,21H,2-4,9-14H2,1H3,(H,23,24). The molecule has 0 spiro atoms. The number of piperidine rings is 1. The molecule has 1 aliphatic carbocycles. The minimum atomic E-state index is -0.862. The van der Waals surface area contributed by atoms with Crippen molar-refractivity contribution in [2.45, 2.75) is 64.1 Å². The molecule has 1 heterocycles. The van der Waals surface area contributed by atoms with Crippen LogP contribution in [-0.4, -0.2) is 41.1 Å². The van der Waals surface area contributed by atoms with Crippen LogP contribution in [0.4, 0.5) is 0 Å². The summed E-state index contributed by atoms with van der Waals surface area (Å²) in [6, 6.07) is 8.60. The Hall–Kier alpha value is -1.39. The van der Waals surface area contributed by atoms with Gasteiger partial charge in [0.25, 0.3) is 0 Å². The topological polar surface area (TPSA) is 52.6 Å². The zero-order chi connectivity index (χ0) is 16.9. The maximum absolute atomic E-state index is 10.9. The van der Waals surface area contributed by atoms with Gasteiger partial charge in [-0.25, -0.2) is 4.79 Å². The average molecular weight is 330 g/mol. The highest BCUT2D eigenvalue weighted by molar-refractivity contribution is 5.87. The van der Waals surface area contributed by atoms with Crippen LogP contribution in [0.25, 0.3) is 0 Å². The lowest BCUT2D eigenvalue weighted by Crippen LogP contribution is -2.47. The lowest BCUT2D eigenvalue weighted by atomic mass is 9.85. The van der Waals surface area contributed by atoms with Crippen molar-refractivity contribution < 1.29 is 9.90 Å². The molecule has 2 fully saturated rings. The molecule has 1 aliphatic heterocycles. The molecule has 24 heavy (non-hydrogen) atoms. The molecule has 1 saturated carbocycles. The summed E-state index contributed by atoms with van der Waals surface area (Å²) in [5.41, 5.74) is 1.51. The lowest BCUT2D eigenvalue weighted by molar-refractivity contribution is 0.0697. The minimum absolute atomic E-state index is 0.355. The van der Waals surface area contributed by atoms with E-state index >= 15 is 0 Å². The van der Waals surface area contributed by atoms with Crippen LogP contribution in [0.3, 0.4) is 0 Å². The molecule has 1 aromatic rings. The zero-order valence-electron chi connectivity index (χ0n) is 14.7. The second kappa shape index (κ2) is 8.13. The van der Waals surface area contributed by atoms with Gasteiger partial charge >= 0.3 is 5.97 Å². The number of rotatable bonds is 5. The largest absolute Gasteiger partial charge is 0.478 e. The van der Waals surface area contributed by atoms with Crippen molar-refractivity contribution in [3.05, 3.63) is 35.4 Å². The molecule has 1 aromatic carbocycles. The first-order valence-electron chi connectivity index (χ1n) is 9.41. The average Bonchev–Trinajstić information content (AvgIpc) is 2.61. The summed E-state index contributed by atoms with van der Waals surface area (Å²) in [4.78, 5) is 13.6. The molecule has 1 saturated heterocycles. The monoisotopic (exact) mass is 330 g/mol. The number of carboxylic acids is 1. The van der Waals surface area contributed by atoms with E-state index in [9.17, 15) is 4.79 Å². The smallest absolute Gasteiger partial charge is 0.335 e. The van der Waals surface area contributed by atoms with E-state index in [1.54, 1.807) is 12.1 Å². The third-order valence-electron chi connectivity index (χ3n) is 5.75. The summed E-state index contributed by atoms with van der Waals surface area (Å²) in [5.74, 6) is 0.0345. The van der Waals surface area contributed by atoms with Gasteiger partial charge in [-0.2, -0.15) is 0 Å². The van der Waals surface area contributed by atoms with Crippen LogP contribution >= 0.6 is 0 Å². The summed E-state index contributed by atoms with van der Waals surface area (Å²) < 4.78 is 0. The number of hydrogen-bond acceptors (Lipinski definition) is 3. The van der Waals surface area contributed by atoms with E-state index in [1.807, 2.05) is 12.1 Å². The second-order valence-electron chi connectivity index (χ2n) is 7.62. The Bertz CT molecular complexity index is 535. The molecule has 0 amide bonds. The molecule has 2 aliphatic rings. The number of likely N-dealkylation sites (tertiary alicyclic amines) is 1. The maximum atomic E-state index is 10.9. The van der Waals surface area contributed by atoms with Gasteiger partial charge in [0.2, 0.25) is 0 Å². The lowest BCUT2D eigenvalue weighted by Gasteiger charge is -2.41. The molecule has 0 radical (unpaired) electrons. The van der Waals surface area contributed by atoms with E-state index in [0.29, 0.717) is 11.6 Å². The SMILES string of the molecule is CC1CCCC(N2CCC(NCc3ccc(C(=O)O)cc3)CC2)C1. The molecule has 4 nitrogen and oxygen atoms in total. The molecule has 3 rings (SSSR count). The fourth-order valence-corrected chi connectivity index (χ4v) is 4.23. The highest BCUT2D eigenvalue weighted by Gasteiger charge is 2.28. The summed E-state index contributed by atoms with van der Waals surface area (Å²) in [7, 11) is 0. The summed E-state index contributed by atoms with van der Waals surface area (Å²) >= 11 is 0. The van der Waals surface area contributed by atoms with Crippen LogP contribution in [0, 0.1) is 5.92 Å². The van der Waals surface area contributed by atoms with Gasteiger partial charge in [0, 0.05) is 18.6 Å². The van der Waals surface area contributed by atoms with Crippen LogP contribution in [0.5, 0.6) is 0 Å². The molecule has 0 aromatic heterocycles. The number of nitrogens with one attached hydrogen (secondary N) is 1. The zero-order valence-corrected chi connectivity index (χ0v) is 14.7. The molecule has 2 atom stereocenters. The summed E-state index contributed by atoms with van der Waals surface area (Å²) in [6.07, 6.45) is 8.02. The molecular weight excluding hydrogens is 300 g/mol. The Balaban J connectivity index is 1.41. The van der Waals surface area contributed by atoms with Gasteiger partial charge in [0.05, 0.1) is 5.56 Å². The van der Waals surface area contributed by atoms with Crippen molar-refractivity contribution in [2.24, 2.45) is 5.92 Å². The van der Waals surface area contributed by atoms with Gasteiger partial charge in [-0.05, 0) is 62.4 Å². The van der Waals surface area contributed by atoms with Gasteiger partial charge in [0.1, 0.15) is 0 Å². The highest BCUT2D eigenvalue weighted by atomic mass is 16.4. The molecule has 2 unspecified atom stereocenters. The first-order valence-corrected chi connectivity index (χ1v) is 9.41. The number of nitrogens with zero attached hydrogens (tertiary/aromatic N) is 1. The number of carboxylic acid groups (broad SMARTS) is 1. The van der Waals surface area contributed by atoms with Gasteiger partial charge < -0.3 is 15.3 Å². The summed E-state index contributed by atoms with van der Waals surface area (Å²) in [5, 5.41) is 12.6. The fourth-order valence-electron chi connectivity index (χ4n) is 4.23. The van der Waals surface area contributed by atoms with Crippen molar-refractivity contribution in [1.82, 2.24) is 10.2 Å². The third kappa shape index (κ3) is 4.58. The normalized spacial score (nSPS) is 26.4. The van der Waals surface area contributed by atoms with Crippen LogP contribution in [-0.2, 0) is 6.54 Å². The number of aromatic carboxylic acids is 1. The van der Waals surface area contributed by atoms with Gasteiger partial charge in [-0.1, -0.05) is 31.9 Å². The summed E-state index contributed by atoms with van der Waals surface area (Å²) in [6.45, 7) is 5.65. The van der Waals surface area contributed by atoms with Gasteiger partial charge in [0.15, 0.2) is 0 Å². The molecular formula is C20H30N2O2. The van der Waals surface area contributed by atoms with E-state index in [0.717, 1.165) is 24.1 Å². The van der Waals surface area contributed by atoms with Crippen molar-refractivity contribution >= 4 is 5.97 Å². The van der Waals surface area contributed by atoms with E-state index in [1.165, 1.54) is 51.6 Å². The first-order chi connectivity index (χ1) is 11.6. The van der Waals surface area contributed by atoms with Crippen LogP contribution in [0.1, 0.15) is 61.4 Å². The molecule has 0 bridgehead atoms. The Morgan fingerprint density at radius 2 is 1.88 bits per heavy atom. The van der Waals surface area contributed by atoms with E-state index < -0.39 is 5.97 Å². The second-order valence-corrected chi connectivity index (χ2v) is 7.62. The molecule has 132 valence electrons. The van der Waals surface area contributed by atoms with Crippen molar-refractivity contribution in [3.8, 4) is 0 Å². The fraction of sp³-hybridized carbons (Fsp3) is 0.650. The number of hydrogen-bond donors (Lipinski definition) is 2.